The van der Waals surface area contributed by atoms with Gasteiger partial charge in [0.15, 0.2) is 0 Å². The number of amides is 1. The van der Waals surface area contributed by atoms with Crippen molar-refractivity contribution in [2.45, 2.75) is 20.4 Å². The van der Waals surface area contributed by atoms with Crippen molar-refractivity contribution in [1.82, 2.24) is 10.5 Å². The third kappa shape index (κ3) is 2.73. The summed E-state index contributed by atoms with van der Waals surface area (Å²) in [5.74, 6) is -0.510. The van der Waals surface area contributed by atoms with Gasteiger partial charge in [0.05, 0.1) is 11.3 Å². The van der Waals surface area contributed by atoms with E-state index in [0.717, 1.165) is 11.6 Å². The van der Waals surface area contributed by atoms with Gasteiger partial charge in [-0.3, -0.25) is 4.79 Å². The largest absolute Gasteiger partial charge is 0.399 e. The normalized spacial score (nSPS) is 10.5. The summed E-state index contributed by atoms with van der Waals surface area (Å²) in [6.07, 6.45) is 0. The predicted molar refractivity (Wildman–Crippen MR) is 68.0 cm³/mol. The second-order valence-electron chi connectivity index (χ2n) is 4.22. The Balaban J connectivity index is 2.10. The number of aromatic nitrogens is 1. The molecule has 1 aromatic carbocycles. The monoisotopic (exact) mass is 263 g/mol. The van der Waals surface area contributed by atoms with Crippen molar-refractivity contribution in [3.8, 4) is 0 Å². The molecule has 0 aliphatic rings. The highest BCUT2D eigenvalue weighted by Crippen LogP contribution is 2.14. The number of nitrogens with one attached hydrogen (secondary N) is 1. The lowest BCUT2D eigenvalue weighted by Crippen LogP contribution is -2.24. The molecule has 1 heterocycles. The zero-order chi connectivity index (χ0) is 14.0. The first-order valence-electron chi connectivity index (χ1n) is 5.74. The molecule has 19 heavy (non-hydrogen) atoms. The van der Waals surface area contributed by atoms with E-state index in [1.54, 1.807) is 13.8 Å². The molecule has 0 radical (unpaired) electrons. The van der Waals surface area contributed by atoms with Gasteiger partial charge in [0, 0.05) is 17.8 Å². The van der Waals surface area contributed by atoms with Gasteiger partial charge in [-0.2, -0.15) is 0 Å². The Morgan fingerprint density at radius 3 is 2.79 bits per heavy atom. The molecule has 0 aliphatic carbocycles. The second kappa shape index (κ2) is 5.09. The van der Waals surface area contributed by atoms with E-state index >= 15 is 0 Å². The Labute approximate surface area is 109 Å². The van der Waals surface area contributed by atoms with E-state index in [2.05, 4.69) is 10.5 Å². The van der Waals surface area contributed by atoms with Crippen molar-refractivity contribution >= 4 is 11.6 Å². The lowest BCUT2D eigenvalue weighted by Gasteiger charge is -2.06. The zero-order valence-electron chi connectivity index (χ0n) is 10.7. The Morgan fingerprint density at radius 2 is 2.21 bits per heavy atom. The first-order chi connectivity index (χ1) is 8.99. The van der Waals surface area contributed by atoms with E-state index in [4.69, 9.17) is 10.3 Å². The van der Waals surface area contributed by atoms with Crippen LogP contribution in [0.4, 0.5) is 10.1 Å². The van der Waals surface area contributed by atoms with Gasteiger partial charge < -0.3 is 15.6 Å². The maximum atomic E-state index is 13.6. The first kappa shape index (κ1) is 13.1. The fraction of sp³-hybridized carbons (Fsp3) is 0.231. The van der Waals surface area contributed by atoms with Gasteiger partial charge in [-0.15, -0.1) is 0 Å². The van der Waals surface area contributed by atoms with Gasteiger partial charge in [0.2, 0.25) is 0 Å². The number of carbonyl (C=O) groups excluding carboxylic acids is 1. The molecule has 0 saturated carbocycles. The summed E-state index contributed by atoms with van der Waals surface area (Å²) in [5.41, 5.74) is 7.16. The Kier molecular flexibility index (Phi) is 3.50. The van der Waals surface area contributed by atoms with Crippen LogP contribution in [-0.4, -0.2) is 11.1 Å². The quantitative estimate of drug-likeness (QED) is 0.829. The molecule has 0 atom stereocenters. The number of anilines is 1. The Morgan fingerprint density at radius 1 is 1.47 bits per heavy atom. The van der Waals surface area contributed by atoms with Gasteiger partial charge in [-0.05, 0) is 32.0 Å². The number of hydrogen-bond donors (Lipinski definition) is 2. The topological polar surface area (TPSA) is 81.2 Å². The Hall–Kier alpha value is -2.37. The van der Waals surface area contributed by atoms with Gasteiger partial charge >= 0.3 is 0 Å². The summed E-state index contributed by atoms with van der Waals surface area (Å²) >= 11 is 0. The number of carbonyl (C=O) groups is 1. The van der Waals surface area contributed by atoms with Crippen LogP contribution >= 0.6 is 0 Å². The number of aryl methyl sites for hydroxylation is 2. The minimum absolute atomic E-state index is 0.0408. The molecule has 0 aliphatic heterocycles. The van der Waals surface area contributed by atoms with Crippen molar-refractivity contribution in [1.29, 1.82) is 0 Å². The minimum atomic E-state index is -0.642. The summed E-state index contributed by atoms with van der Waals surface area (Å²) in [4.78, 5) is 11.9. The van der Waals surface area contributed by atoms with E-state index < -0.39 is 11.7 Å². The smallest absolute Gasteiger partial charge is 0.254 e. The van der Waals surface area contributed by atoms with Crippen LogP contribution in [0.5, 0.6) is 0 Å². The average Bonchev–Trinajstić information content (AvgIpc) is 2.66. The van der Waals surface area contributed by atoms with E-state index in [0.29, 0.717) is 11.5 Å². The van der Waals surface area contributed by atoms with E-state index in [1.807, 2.05) is 0 Å². The molecular formula is C13H14FN3O2. The van der Waals surface area contributed by atoms with Gasteiger partial charge in [-0.1, -0.05) is 5.16 Å². The van der Waals surface area contributed by atoms with Crippen LogP contribution in [0.1, 0.15) is 27.4 Å². The Bertz CT molecular complexity index is 603. The molecule has 1 aromatic heterocycles. The summed E-state index contributed by atoms with van der Waals surface area (Å²) in [7, 11) is 0. The number of nitrogens with two attached hydrogens (primary N) is 1. The average molecular weight is 263 g/mol. The van der Waals surface area contributed by atoms with E-state index in [9.17, 15) is 9.18 Å². The molecule has 2 rings (SSSR count). The third-order valence-corrected chi connectivity index (χ3v) is 2.84. The van der Waals surface area contributed by atoms with Crippen LogP contribution in [0, 0.1) is 19.7 Å². The van der Waals surface area contributed by atoms with Crippen LogP contribution in [0.25, 0.3) is 0 Å². The van der Waals surface area contributed by atoms with Crippen LogP contribution in [0.2, 0.25) is 0 Å². The number of benzene rings is 1. The molecule has 1 amide bonds. The lowest BCUT2D eigenvalue weighted by atomic mass is 10.1. The first-order valence-corrected chi connectivity index (χ1v) is 5.74. The molecule has 6 heteroatoms. The predicted octanol–water partition coefficient (Wildman–Crippen LogP) is 1.94. The molecule has 0 unspecified atom stereocenters. The van der Waals surface area contributed by atoms with E-state index in [-0.39, 0.29) is 17.8 Å². The summed E-state index contributed by atoms with van der Waals surface area (Å²) in [5, 5.41) is 6.40. The van der Waals surface area contributed by atoms with Crippen LogP contribution in [-0.2, 0) is 6.54 Å². The third-order valence-electron chi connectivity index (χ3n) is 2.84. The molecule has 0 spiro atoms. The van der Waals surface area contributed by atoms with Crippen molar-refractivity contribution in [3.05, 3.63) is 46.6 Å². The highest BCUT2D eigenvalue weighted by molar-refractivity contribution is 5.94. The molecule has 0 fully saturated rings. The van der Waals surface area contributed by atoms with Crippen LogP contribution < -0.4 is 11.1 Å². The van der Waals surface area contributed by atoms with E-state index in [1.165, 1.54) is 12.1 Å². The molecule has 100 valence electrons. The van der Waals surface area contributed by atoms with Gasteiger partial charge in [0.1, 0.15) is 11.6 Å². The standard InChI is InChI=1S/C13H14FN3O2/c1-7-11(8(2)19-17-7)6-16-13(18)10-4-3-9(15)5-12(10)14/h3-5H,6,15H2,1-2H3,(H,16,18). The molecule has 0 bridgehead atoms. The number of halogens is 1. The number of rotatable bonds is 3. The second-order valence-corrected chi connectivity index (χ2v) is 4.22. The van der Waals surface area contributed by atoms with Crippen molar-refractivity contribution < 1.29 is 13.7 Å². The SMILES string of the molecule is Cc1noc(C)c1CNC(=O)c1ccc(N)cc1F. The summed E-state index contributed by atoms with van der Waals surface area (Å²) < 4.78 is 18.5. The zero-order valence-corrected chi connectivity index (χ0v) is 10.7. The summed E-state index contributed by atoms with van der Waals surface area (Å²) in [6.45, 7) is 3.77. The molecule has 3 N–H and O–H groups in total. The van der Waals surface area contributed by atoms with Crippen LogP contribution in [0.3, 0.4) is 0 Å². The number of hydrogen-bond acceptors (Lipinski definition) is 4. The molecule has 5 nitrogen and oxygen atoms in total. The fourth-order valence-electron chi connectivity index (χ4n) is 1.73. The number of nitrogen functional groups attached to an aromatic ring is 1. The highest BCUT2D eigenvalue weighted by Gasteiger charge is 2.14. The van der Waals surface area contributed by atoms with Crippen LogP contribution in [0.15, 0.2) is 22.7 Å². The molecule has 2 aromatic rings. The molecule has 0 saturated heterocycles. The maximum absolute atomic E-state index is 13.6. The summed E-state index contributed by atoms with van der Waals surface area (Å²) in [6, 6.07) is 3.95. The van der Waals surface area contributed by atoms with Gasteiger partial charge in [-0.25, -0.2) is 4.39 Å². The maximum Gasteiger partial charge on any atom is 0.254 e. The minimum Gasteiger partial charge on any atom is -0.399 e. The van der Waals surface area contributed by atoms with Crippen molar-refractivity contribution in [2.75, 3.05) is 5.73 Å². The van der Waals surface area contributed by atoms with Gasteiger partial charge in [0.25, 0.3) is 5.91 Å². The van der Waals surface area contributed by atoms with Crippen molar-refractivity contribution in [2.24, 2.45) is 0 Å². The van der Waals surface area contributed by atoms with Crippen molar-refractivity contribution in [3.63, 3.8) is 0 Å². The highest BCUT2D eigenvalue weighted by atomic mass is 19.1. The lowest BCUT2D eigenvalue weighted by molar-refractivity contribution is 0.0947. The number of nitrogens with zero attached hydrogens (tertiary/aromatic N) is 1. The fourth-order valence-corrected chi connectivity index (χ4v) is 1.73. The molecular weight excluding hydrogens is 249 g/mol.